The van der Waals surface area contributed by atoms with Gasteiger partial charge in [-0.15, -0.1) is 0 Å². The number of ether oxygens (including phenoxy) is 1. The summed E-state index contributed by atoms with van der Waals surface area (Å²) in [5.74, 6) is -0.448. The molecule has 0 spiro atoms. The second-order valence-corrected chi connectivity index (χ2v) is 6.06. The number of amides is 1. The molecule has 0 aromatic heterocycles. The normalized spacial score (nSPS) is 12.2. The van der Waals surface area contributed by atoms with Crippen molar-refractivity contribution in [1.82, 2.24) is 0 Å². The zero-order valence-corrected chi connectivity index (χ0v) is 15.2. The quantitative estimate of drug-likeness (QED) is 0.559. The van der Waals surface area contributed by atoms with Gasteiger partial charge in [0.2, 0.25) is 0 Å². The average Bonchev–Trinajstić information content (AvgIpc) is 2.63. The first-order valence-corrected chi connectivity index (χ1v) is 8.45. The summed E-state index contributed by atoms with van der Waals surface area (Å²) in [5, 5.41) is 12.2. The third kappa shape index (κ3) is 5.33. The van der Waals surface area contributed by atoms with E-state index in [0.29, 0.717) is 22.0 Å². The van der Waals surface area contributed by atoms with E-state index in [4.69, 9.17) is 16.3 Å². The van der Waals surface area contributed by atoms with Crippen LogP contribution in [-0.2, 0) is 4.79 Å². The lowest BCUT2D eigenvalue weighted by atomic mass is 10.1. The zero-order valence-electron chi connectivity index (χ0n) is 14.4. The lowest BCUT2D eigenvalue weighted by molar-refractivity contribution is -0.112. The highest BCUT2D eigenvalue weighted by Crippen LogP contribution is 2.27. The fourth-order valence-electron chi connectivity index (χ4n) is 2.05. The van der Waals surface area contributed by atoms with E-state index < -0.39 is 11.7 Å². The number of nitrogens with zero attached hydrogens (tertiary/aromatic N) is 1. The molecule has 4 nitrogen and oxygen atoms in total. The minimum atomic E-state index is -0.588. The zero-order chi connectivity index (χ0) is 19.1. The highest BCUT2D eigenvalue weighted by molar-refractivity contribution is 6.32. The van der Waals surface area contributed by atoms with Gasteiger partial charge >= 0.3 is 0 Å². The van der Waals surface area contributed by atoms with Gasteiger partial charge < -0.3 is 10.1 Å². The number of anilines is 1. The van der Waals surface area contributed by atoms with E-state index in [-0.39, 0.29) is 11.7 Å². The van der Waals surface area contributed by atoms with Crippen molar-refractivity contribution < 1.29 is 13.9 Å². The first-order chi connectivity index (χ1) is 12.4. The van der Waals surface area contributed by atoms with Crippen molar-refractivity contribution >= 4 is 29.3 Å². The van der Waals surface area contributed by atoms with Crippen molar-refractivity contribution in [1.29, 1.82) is 5.26 Å². The molecule has 1 atom stereocenters. The Morgan fingerprint density at radius 3 is 2.62 bits per heavy atom. The number of hydrogen-bond donors (Lipinski definition) is 1. The van der Waals surface area contributed by atoms with Crippen LogP contribution in [0.2, 0.25) is 5.02 Å². The summed E-state index contributed by atoms with van der Waals surface area (Å²) >= 11 is 6.21. The number of nitriles is 1. The number of benzene rings is 2. The number of rotatable bonds is 6. The van der Waals surface area contributed by atoms with Gasteiger partial charge in [0.25, 0.3) is 5.91 Å². The second kappa shape index (κ2) is 9.02. The fraction of sp³-hybridized carbons (Fsp3) is 0.200. The highest BCUT2D eigenvalue weighted by atomic mass is 35.5. The van der Waals surface area contributed by atoms with Crippen LogP contribution in [0.15, 0.2) is 48.0 Å². The van der Waals surface area contributed by atoms with Gasteiger partial charge in [0.05, 0.1) is 11.1 Å². The Labute approximate surface area is 156 Å². The van der Waals surface area contributed by atoms with Crippen molar-refractivity contribution in [2.45, 2.75) is 26.4 Å². The van der Waals surface area contributed by atoms with Crippen LogP contribution in [0, 0.1) is 17.1 Å². The minimum Gasteiger partial charge on any atom is -0.489 e. The third-order valence-electron chi connectivity index (χ3n) is 3.64. The summed E-state index contributed by atoms with van der Waals surface area (Å²) in [7, 11) is 0. The molecule has 0 unspecified atom stereocenters. The SMILES string of the molecule is CC[C@@H](C)Oc1ccc(/C=C(/C#N)C(=O)Nc2ccc(F)cc2)cc1Cl. The molecule has 2 aromatic carbocycles. The molecular weight excluding hydrogens is 355 g/mol. The first-order valence-electron chi connectivity index (χ1n) is 8.07. The smallest absolute Gasteiger partial charge is 0.266 e. The molecule has 0 fully saturated rings. The van der Waals surface area contributed by atoms with Crippen molar-refractivity contribution in [3.05, 3.63) is 64.4 Å². The Hall–Kier alpha value is -2.84. The Balaban J connectivity index is 2.17. The van der Waals surface area contributed by atoms with Crippen LogP contribution in [0.5, 0.6) is 5.75 Å². The van der Waals surface area contributed by atoms with Crippen molar-refractivity contribution in [2.75, 3.05) is 5.32 Å². The Bertz CT molecular complexity index is 857. The molecule has 2 rings (SSSR count). The average molecular weight is 373 g/mol. The van der Waals surface area contributed by atoms with Gasteiger partial charge in [-0.25, -0.2) is 4.39 Å². The van der Waals surface area contributed by atoms with E-state index in [9.17, 15) is 14.4 Å². The lowest BCUT2D eigenvalue weighted by Crippen LogP contribution is -2.13. The van der Waals surface area contributed by atoms with Gasteiger partial charge in [-0.1, -0.05) is 24.6 Å². The highest BCUT2D eigenvalue weighted by Gasteiger charge is 2.11. The molecule has 0 heterocycles. The van der Waals surface area contributed by atoms with Crippen LogP contribution in [0.4, 0.5) is 10.1 Å². The van der Waals surface area contributed by atoms with E-state index >= 15 is 0 Å². The van der Waals surface area contributed by atoms with Crippen LogP contribution in [0.25, 0.3) is 6.08 Å². The maximum absolute atomic E-state index is 12.9. The van der Waals surface area contributed by atoms with Crippen molar-refractivity contribution in [2.24, 2.45) is 0 Å². The van der Waals surface area contributed by atoms with E-state index in [1.807, 2.05) is 19.9 Å². The molecule has 1 N–H and O–H groups in total. The van der Waals surface area contributed by atoms with Gasteiger partial charge in [-0.2, -0.15) is 5.26 Å². The summed E-state index contributed by atoms with van der Waals surface area (Å²) in [5.41, 5.74) is 0.895. The first kappa shape index (κ1) is 19.5. The van der Waals surface area contributed by atoms with E-state index in [0.717, 1.165) is 6.42 Å². The van der Waals surface area contributed by atoms with Crippen LogP contribution in [0.3, 0.4) is 0 Å². The molecule has 0 saturated carbocycles. The van der Waals surface area contributed by atoms with E-state index in [1.54, 1.807) is 18.2 Å². The number of hydrogen-bond acceptors (Lipinski definition) is 3. The molecule has 134 valence electrons. The molecule has 26 heavy (non-hydrogen) atoms. The predicted molar refractivity (Wildman–Crippen MR) is 100 cm³/mol. The van der Waals surface area contributed by atoms with Crippen LogP contribution in [0.1, 0.15) is 25.8 Å². The molecule has 1 amide bonds. The summed E-state index contributed by atoms with van der Waals surface area (Å²) in [6.45, 7) is 3.95. The molecule has 2 aromatic rings. The number of halogens is 2. The Morgan fingerprint density at radius 2 is 2.04 bits per heavy atom. The molecule has 0 bridgehead atoms. The summed E-state index contributed by atoms with van der Waals surface area (Å²) in [6, 6.07) is 12.2. The van der Waals surface area contributed by atoms with Crippen LogP contribution in [-0.4, -0.2) is 12.0 Å². The maximum atomic E-state index is 12.9. The van der Waals surface area contributed by atoms with Crippen molar-refractivity contribution in [3.63, 3.8) is 0 Å². The maximum Gasteiger partial charge on any atom is 0.266 e. The second-order valence-electron chi connectivity index (χ2n) is 5.66. The number of carbonyl (C=O) groups excluding carboxylic acids is 1. The van der Waals surface area contributed by atoms with Gasteiger partial charge in [-0.3, -0.25) is 4.79 Å². The monoisotopic (exact) mass is 372 g/mol. The molecule has 6 heteroatoms. The van der Waals surface area contributed by atoms with Crippen LogP contribution < -0.4 is 10.1 Å². The Kier molecular flexibility index (Phi) is 6.76. The predicted octanol–water partition coefficient (Wildman–Crippen LogP) is 5.20. The van der Waals surface area contributed by atoms with Crippen LogP contribution >= 0.6 is 11.6 Å². The topological polar surface area (TPSA) is 62.1 Å². The van der Waals surface area contributed by atoms with Gasteiger partial charge in [0, 0.05) is 5.69 Å². The van der Waals surface area contributed by atoms with E-state index in [2.05, 4.69) is 5.32 Å². The lowest BCUT2D eigenvalue weighted by Gasteiger charge is -2.14. The van der Waals surface area contributed by atoms with E-state index in [1.165, 1.54) is 30.3 Å². The molecule has 0 aliphatic carbocycles. The summed E-state index contributed by atoms with van der Waals surface area (Å²) in [6.07, 6.45) is 2.31. The third-order valence-corrected chi connectivity index (χ3v) is 3.93. The van der Waals surface area contributed by atoms with Gasteiger partial charge in [0.15, 0.2) is 0 Å². The summed E-state index contributed by atoms with van der Waals surface area (Å²) < 4.78 is 18.6. The van der Waals surface area contributed by atoms with Gasteiger partial charge in [0.1, 0.15) is 23.2 Å². The molecule has 0 radical (unpaired) electrons. The van der Waals surface area contributed by atoms with Gasteiger partial charge in [-0.05, 0) is 61.4 Å². The molecule has 0 saturated heterocycles. The standard InChI is InChI=1S/C20H18ClFN2O2/c1-3-13(2)26-19-9-4-14(11-18(19)21)10-15(12-23)20(25)24-17-7-5-16(22)6-8-17/h4-11,13H,3H2,1-2H3,(H,24,25)/b15-10-/t13-/m1/s1. The summed E-state index contributed by atoms with van der Waals surface area (Å²) in [4.78, 5) is 12.2. The minimum absolute atomic E-state index is 0.0325. The molecular formula is C20H18ClFN2O2. The largest absolute Gasteiger partial charge is 0.489 e. The molecule has 0 aliphatic rings. The number of nitrogens with one attached hydrogen (secondary N) is 1. The molecule has 0 aliphatic heterocycles. The Morgan fingerprint density at radius 1 is 1.35 bits per heavy atom. The van der Waals surface area contributed by atoms with Crippen molar-refractivity contribution in [3.8, 4) is 11.8 Å². The number of carbonyl (C=O) groups is 1. The fourth-order valence-corrected chi connectivity index (χ4v) is 2.28.